The van der Waals surface area contributed by atoms with E-state index < -0.39 is 6.10 Å². The van der Waals surface area contributed by atoms with Crippen LogP contribution in [0.5, 0.6) is 0 Å². The largest absolute Gasteiger partial charge is 0.387 e. The number of carbonyl (C=O) groups excluding carboxylic acids is 1. The lowest BCUT2D eigenvalue weighted by Crippen LogP contribution is -2.31. The number of carbonyl (C=O) groups is 1. The van der Waals surface area contributed by atoms with Crippen LogP contribution in [0.25, 0.3) is 0 Å². The second-order valence-corrected chi connectivity index (χ2v) is 4.90. The molecule has 2 aromatic rings. The number of nitrogens with one attached hydrogen (secondary N) is 1. The third-order valence-electron chi connectivity index (χ3n) is 2.46. The molecular weight excluding hydrogens is 305 g/mol. The van der Waals surface area contributed by atoms with E-state index in [1.807, 2.05) is 0 Å². The number of aromatic nitrogens is 4. The topological polar surface area (TPSA) is 92.9 Å². The summed E-state index contributed by atoms with van der Waals surface area (Å²) in [4.78, 5) is 11.6. The minimum Gasteiger partial charge on any atom is -0.387 e. The molecular formula is C11H11Cl2N5O2. The Morgan fingerprint density at radius 3 is 2.65 bits per heavy atom. The maximum atomic E-state index is 11.6. The molecule has 2 N–H and O–H groups in total. The number of amides is 1. The minimum atomic E-state index is -0.899. The molecule has 0 saturated heterocycles. The van der Waals surface area contributed by atoms with Crippen molar-refractivity contribution in [3.05, 3.63) is 40.1 Å². The van der Waals surface area contributed by atoms with Gasteiger partial charge in [0.05, 0.1) is 6.10 Å². The summed E-state index contributed by atoms with van der Waals surface area (Å²) in [6, 6.07) is 4.74. The van der Waals surface area contributed by atoms with Gasteiger partial charge >= 0.3 is 0 Å². The minimum absolute atomic E-state index is 0.0178. The van der Waals surface area contributed by atoms with Crippen molar-refractivity contribution in [2.24, 2.45) is 0 Å². The van der Waals surface area contributed by atoms with Crippen molar-refractivity contribution >= 4 is 29.1 Å². The average molecular weight is 316 g/mol. The smallest absolute Gasteiger partial charge is 0.241 e. The molecule has 0 fully saturated rings. The molecule has 106 valence electrons. The van der Waals surface area contributed by atoms with Gasteiger partial charge in [0.25, 0.3) is 0 Å². The SMILES string of the molecule is O=C(Cn1cnnn1)NCC(O)c1cc(Cl)cc(Cl)c1. The summed E-state index contributed by atoms with van der Waals surface area (Å²) < 4.78 is 1.28. The Kier molecular flexibility index (Phi) is 4.89. The Balaban J connectivity index is 1.88. The van der Waals surface area contributed by atoms with Gasteiger partial charge in [0, 0.05) is 16.6 Å². The summed E-state index contributed by atoms with van der Waals surface area (Å²) in [5.74, 6) is -0.315. The first-order valence-corrected chi connectivity index (χ1v) is 6.41. The number of rotatable bonds is 5. The normalized spacial score (nSPS) is 12.2. The van der Waals surface area contributed by atoms with Crippen molar-refractivity contribution < 1.29 is 9.90 Å². The van der Waals surface area contributed by atoms with E-state index in [9.17, 15) is 9.90 Å². The first-order valence-electron chi connectivity index (χ1n) is 5.66. The standard InChI is InChI=1S/C11H11Cl2N5O2/c12-8-1-7(2-9(13)3-8)10(19)4-14-11(20)5-18-6-15-16-17-18/h1-3,6,10,19H,4-5H2,(H,14,20). The zero-order chi connectivity index (χ0) is 14.5. The zero-order valence-corrected chi connectivity index (χ0v) is 11.7. The molecule has 1 aromatic heterocycles. The summed E-state index contributed by atoms with van der Waals surface area (Å²) in [7, 11) is 0. The molecule has 1 aromatic carbocycles. The van der Waals surface area contributed by atoms with E-state index in [2.05, 4.69) is 20.8 Å². The van der Waals surface area contributed by atoms with Crippen LogP contribution >= 0.6 is 23.2 Å². The summed E-state index contributed by atoms with van der Waals surface area (Å²) in [6.45, 7) is 0.0215. The summed E-state index contributed by atoms with van der Waals surface area (Å²) in [5.41, 5.74) is 0.533. The van der Waals surface area contributed by atoms with Gasteiger partial charge in [-0.25, -0.2) is 4.68 Å². The molecule has 0 bridgehead atoms. The van der Waals surface area contributed by atoms with Gasteiger partial charge in [0.2, 0.25) is 5.91 Å². The second-order valence-electron chi connectivity index (χ2n) is 4.03. The maximum Gasteiger partial charge on any atom is 0.241 e. The predicted molar refractivity (Wildman–Crippen MR) is 72.2 cm³/mol. The van der Waals surface area contributed by atoms with E-state index in [0.717, 1.165) is 0 Å². The van der Waals surface area contributed by atoms with E-state index in [1.54, 1.807) is 18.2 Å². The van der Waals surface area contributed by atoms with Crippen molar-refractivity contribution in [2.45, 2.75) is 12.6 Å². The highest BCUT2D eigenvalue weighted by atomic mass is 35.5. The lowest BCUT2D eigenvalue weighted by atomic mass is 10.1. The van der Waals surface area contributed by atoms with Crippen molar-refractivity contribution in [3.8, 4) is 0 Å². The van der Waals surface area contributed by atoms with E-state index in [4.69, 9.17) is 23.2 Å². The van der Waals surface area contributed by atoms with Crippen LogP contribution in [0.3, 0.4) is 0 Å². The monoisotopic (exact) mass is 315 g/mol. The number of benzene rings is 1. The molecule has 0 aliphatic carbocycles. The second kappa shape index (κ2) is 6.65. The van der Waals surface area contributed by atoms with Gasteiger partial charge < -0.3 is 10.4 Å². The van der Waals surface area contributed by atoms with Gasteiger partial charge in [-0.1, -0.05) is 23.2 Å². The van der Waals surface area contributed by atoms with Crippen molar-refractivity contribution in [1.82, 2.24) is 25.5 Å². The number of tetrazole rings is 1. The lowest BCUT2D eigenvalue weighted by molar-refractivity contribution is -0.122. The highest BCUT2D eigenvalue weighted by Gasteiger charge is 2.11. The fourth-order valence-corrected chi connectivity index (χ4v) is 2.09. The van der Waals surface area contributed by atoms with Gasteiger partial charge in [-0.2, -0.15) is 0 Å². The number of hydrogen-bond acceptors (Lipinski definition) is 5. The Morgan fingerprint density at radius 2 is 2.05 bits per heavy atom. The molecule has 0 aliphatic heterocycles. The first kappa shape index (κ1) is 14.7. The van der Waals surface area contributed by atoms with E-state index in [0.29, 0.717) is 15.6 Å². The highest BCUT2D eigenvalue weighted by Crippen LogP contribution is 2.23. The molecule has 7 nitrogen and oxygen atoms in total. The third kappa shape index (κ3) is 4.16. The van der Waals surface area contributed by atoms with Crippen LogP contribution in [-0.4, -0.2) is 37.8 Å². The number of nitrogens with zero attached hydrogens (tertiary/aromatic N) is 4. The zero-order valence-electron chi connectivity index (χ0n) is 10.2. The molecule has 20 heavy (non-hydrogen) atoms. The molecule has 1 heterocycles. The molecule has 1 atom stereocenters. The van der Waals surface area contributed by atoms with Crippen LogP contribution in [0.1, 0.15) is 11.7 Å². The Morgan fingerprint density at radius 1 is 1.35 bits per heavy atom. The van der Waals surface area contributed by atoms with Crippen molar-refractivity contribution in [2.75, 3.05) is 6.54 Å². The van der Waals surface area contributed by atoms with Crippen molar-refractivity contribution in [3.63, 3.8) is 0 Å². The molecule has 2 rings (SSSR count). The molecule has 9 heteroatoms. The van der Waals surface area contributed by atoms with Gasteiger partial charge in [-0.05, 0) is 34.2 Å². The Labute approximate surface area is 124 Å². The quantitative estimate of drug-likeness (QED) is 0.852. The van der Waals surface area contributed by atoms with E-state index >= 15 is 0 Å². The van der Waals surface area contributed by atoms with Gasteiger partial charge in [0.15, 0.2) is 0 Å². The van der Waals surface area contributed by atoms with Gasteiger partial charge in [0.1, 0.15) is 12.9 Å². The fraction of sp³-hybridized carbons (Fsp3) is 0.273. The third-order valence-corrected chi connectivity index (χ3v) is 2.90. The van der Waals surface area contributed by atoms with Crippen molar-refractivity contribution in [1.29, 1.82) is 0 Å². The van der Waals surface area contributed by atoms with E-state index in [-0.39, 0.29) is 19.0 Å². The fourth-order valence-electron chi connectivity index (χ4n) is 1.55. The van der Waals surface area contributed by atoms with Crippen LogP contribution in [0.15, 0.2) is 24.5 Å². The Bertz CT molecular complexity index is 570. The number of halogens is 2. The van der Waals surface area contributed by atoms with Gasteiger partial charge in [-0.15, -0.1) is 5.10 Å². The summed E-state index contributed by atoms with van der Waals surface area (Å²) in [6.07, 6.45) is 0.427. The molecule has 0 radical (unpaired) electrons. The number of aliphatic hydroxyl groups excluding tert-OH is 1. The average Bonchev–Trinajstić information content (AvgIpc) is 2.87. The lowest BCUT2D eigenvalue weighted by Gasteiger charge is -2.13. The number of aliphatic hydroxyl groups is 1. The molecule has 0 spiro atoms. The molecule has 0 saturated carbocycles. The molecule has 1 amide bonds. The van der Waals surface area contributed by atoms with Crippen LogP contribution in [0.4, 0.5) is 0 Å². The van der Waals surface area contributed by atoms with Crippen LogP contribution in [0, 0.1) is 0 Å². The molecule has 1 unspecified atom stereocenters. The maximum absolute atomic E-state index is 11.6. The van der Waals surface area contributed by atoms with Crippen LogP contribution < -0.4 is 5.32 Å². The first-order chi connectivity index (χ1) is 9.54. The highest BCUT2D eigenvalue weighted by molar-refractivity contribution is 6.34. The summed E-state index contributed by atoms with van der Waals surface area (Å²) >= 11 is 11.7. The Hall–Kier alpha value is -1.70. The van der Waals surface area contributed by atoms with Gasteiger partial charge in [-0.3, -0.25) is 4.79 Å². The van der Waals surface area contributed by atoms with Crippen LogP contribution in [-0.2, 0) is 11.3 Å². The summed E-state index contributed by atoms with van der Waals surface area (Å²) in [5, 5.41) is 23.8. The predicted octanol–water partition coefficient (Wildman–Crippen LogP) is 0.830. The molecule has 0 aliphatic rings. The van der Waals surface area contributed by atoms with E-state index in [1.165, 1.54) is 11.0 Å². The number of hydrogen-bond donors (Lipinski definition) is 2. The van der Waals surface area contributed by atoms with Crippen LogP contribution in [0.2, 0.25) is 10.0 Å².